The Morgan fingerprint density at radius 2 is 2.08 bits per heavy atom. The predicted molar refractivity (Wildman–Crippen MR) is 55.7 cm³/mol. The van der Waals surface area contributed by atoms with Crippen molar-refractivity contribution in [2.45, 2.75) is 25.7 Å². The van der Waals surface area contributed by atoms with E-state index in [1.165, 1.54) is 12.2 Å². The highest BCUT2D eigenvalue weighted by Gasteiger charge is 2.15. The van der Waals surface area contributed by atoms with E-state index in [1.807, 2.05) is 11.8 Å². The van der Waals surface area contributed by atoms with E-state index in [4.69, 9.17) is 4.55 Å². The number of hydrogen-bond acceptors (Lipinski definition) is 3. The van der Waals surface area contributed by atoms with Crippen LogP contribution in [0.2, 0.25) is 0 Å². The van der Waals surface area contributed by atoms with Crippen molar-refractivity contribution < 1.29 is 13.0 Å². The second-order valence-corrected chi connectivity index (χ2v) is 6.28. The lowest BCUT2D eigenvalue weighted by molar-refractivity contribution is 0.439. The number of rotatable bonds is 3. The molecule has 13 heavy (non-hydrogen) atoms. The molecule has 1 aliphatic heterocycles. The van der Waals surface area contributed by atoms with Crippen LogP contribution in [0.5, 0.6) is 0 Å². The van der Waals surface area contributed by atoms with Crippen molar-refractivity contribution in [1.82, 2.24) is 0 Å². The highest BCUT2D eigenvalue weighted by atomic mass is 32.2. The molecule has 5 heteroatoms. The second kappa shape index (κ2) is 5.22. The summed E-state index contributed by atoms with van der Waals surface area (Å²) in [7, 11) is -3.74. The maximum atomic E-state index is 10.5. The van der Waals surface area contributed by atoms with Crippen molar-refractivity contribution in [1.29, 1.82) is 0 Å². The van der Waals surface area contributed by atoms with Crippen LogP contribution in [0.15, 0.2) is 0 Å². The highest BCUT2D eigenvalue weighted by Crippen LogP contribution is 2.24. The number of thioether (sulfide) groups is 1. The molecule has 0 saturated carbocycles. The summed E-state index contributed by atoms with van der Waals surface area (Å²) in [5.74, 6) is 2.76. The van der Waals surface area contributed by atoms with Crippen molar-refractivity contribution in [3.8, 4) is 0 Å². The lowest BCUT2D eigenvalue weighted by Gasteiger charge is -2.11. The maximum absolute atomic E-state index is 10.5. The van der Waals surface area contributed by atoms with Gasteiger partial charge in [0.25, 0.3) is 10.1 Å². The molecule has 1 aliphatic rings. The van der Waals surface area contributed by atoms with Gasteiger partial charge < -0.3 is 0 Å². The molecule has 1 fully saturated rings. The third kappa shape index (κ3) is 5.54. The molecule has 0 aromatic carbocycles. The monoisotopic (exact) mass is 224 g/mol. The molecule has 1 unspecified atom stereocenters. The molecule has 0 aliphatic carbocycles. The van der Waals surface area contributed by atoms with Gasteiger partial charge in [-0.1, -0.05) is 0 Å². The van der Waals surface area contributed by atoms with Crippen molar-refractivity contribution in [2.75, 3.05) is 17.3 Å². The zero-order chi connectivity index (χ0) is 9.73. The normalized spacial score (nSPS) is 25.5. The smallest absolute Gasteiger partial charge is 0.264 e. The van der Waals surface area contributed by atoms with Crippen LogP contribution in [0.3, 0.4) is 0 Å². The van der Waals surface area contributed by atoms with Gasteiger partial charge in [-0.15, -0.1) is 0 Å². The Kier molecular flexibility index (Phi) is 4.55. The van der Waals surface area contributed by atoms with Crippen LogP contribution in [0.1, 0.15) is 25.7 Å². The Balaban J connectivity index is 2.27. The van der Waals surface area contributed by atoms with Gasteiger partial charge in [0.1, 0.15) is 0 Å². The van der Waals surface area contributed by atoms with Gasteiger partial charge in [0.2, 0.25) is 0 Å². The van der Waals surface area contributed by atoms with Gasteiger partial charge in [0.05, 0.1) is 5.75 Å². The number of hydrogen-bond donors (Lipinski definition) is 1. The van der Waals surface area contributed by atoms with E-state index in [9.17, 15) is 8.42 Å². The van der Waals surface area contributed by atoms with Gasteiger partial charge in [-0.2, -0.15) is 20.2 Å². The van der Waals surface area contributed by atoms with E-state index in [0.717, 1.165) is 18.6 Å². The minimum atomic E-state index is -3.74. The van der Waals surface area contributed by atoms with Crippen LogP contribution in [0, 0.1) is 5.92 Å². The molecule has 1 saturated heterocycles. The summed E-state index contributed by atoms with van der Waals surface area (Å²) in [6.07, 6.45) is 4.02. The van der Waals surface area contributed by atoms with Gasteiger partial charge in [-0.3, -0.25) is 4.55 Å². The van der Waals surface area contributed by atoms with Gasteiger partial charge >= 0.3 is 0 Å². The van der Waals surface area contributed by atoms with Crippen molar-refractivity contribution in [3.05, 3.63) is 0 Å². The maximum Gasteiger partial charge on any atom is 0.264 e. The fraction of sp³-hybridized carbons (Fsp3) is 1.00. The van der Waals surface area contributed by atoms with Crippen LogP contribution in [-0.4, -0.2) is 30.2 Å². The van der Waals surface area contributed by atoms with E-state index in [-0.39, 0.29) is 5.75 Å². The molecule has 78 valence electrons. The quantitative estimate of drug-likeness (QED) is 0.743. The standard InChI is InChI=1S/C8H16O3S2/c9-13(10,11)7-4-8-2-1-5-12-6-3-8/h8H,1-7H2,(H,9,10,11). The summed E-state index contributed by atoms with van der Waals surface area (Å²) >= 11 is 1.94. The van der Waals surface area contributed by atoms with Gasteiger partial charge in [0, 0.05) is 0 Å². The molecule has 0 aromatic heterocycles. The largest absolute Gasteiger partial charge is 0.286 e. The molecule has 0 radical (unpaired) electrons. The molecule has 0 bridgehead atoms. The molecule has 3 nitrogen and oxygen atoms in total. The van der Waals surface area contributed by atoms with Gasteiger partial charge in [0.15, 0.2) is 0 Å². The minimum Gasteiger partial charge on any atom is -0.286 e. The van der Waals surface area contributed by atoms with Crippen molar-refractivity contribution in [3.63, 3.8) is 0 Å². The van der Waals surface area contributed by atoms with Gasteiger partial charge in [-0.25, -0.2) is 0 Å². The van der Waals surface area contributed by atoms with Gasteiger partial charge in [-0.05, 0) is 43.1 Å². The van der Waals surface area contributed by atoms with Crippen LogP contribution in [0.25, 0.3) is 0 Å². The first kappa shape index (κ1) is 11.3. The first-order chi connectivity index (χ1) is 6.08. The van der Waals surface area contributed by atoms with E-state index in [0.29, 0.717) is 12.3 Å². The third-order valence-electron chi connectivity index (χ3n) is 2.36. The first-order valence-corrected chi connectivity index (χ1v) is 7.37. The molecule has 0 amide bonds. The lowest BCUT2D eigenvalue weighted by atomic mass is 9.98. The average molecular weight is 224 g/mol. The Hall–Kier alpha value is 0.260. The fourth-order valence-corrected chi connectivity index (χ4v) is 3.28. The zero-order valence-corrected chi connectivity index (χ0v) is 9.24. The van der Waals surface area contributed by atoms with Crippen LogP contribution >= 0.6 is 11.8 Å². The molecular weight excluding hydrogens is 208 g/mol. The summed E-state index contributed by atoms with van der Waals surface area (Å²) in [5.41, 5.74) is 0. The SMILES string of the molecule is O=S(=O)(O)CCC1CCCSCC1. The minimum absolute atomic E-state index is 0.0671. The second-order valence-electron chi connectivity index (χ2n) is 3.48. The zero-order valence-electron chi connectivity index (χ0n) is 7.61. The average Bonchev–Trinajstić information content (AvgIpc) is 2.26. The van der Waals surface area contributed by atoms with Crippen LogP contribution < -0.4 is 0 Å². The topological polar surface area (TPSA) is 54.4 Å². The van der Waals surface area contributed by atoms with E-state index >= 15 is 0 Å². The Labute approximate surface area is 84.0 Å². The van der Waals surface area contributed by atoms with Crippen LogP contribution in [0.4, 0.5) is 0 Å². The molecule has 1 heterocycles. The van der Waals surface area contributed by atoms with Crippen molar-refractivity contribution >= 4 is 21.9 Å². The Morgan fingerprint density at radius 3 is 2.77 bits per heavy atom. The summed E-state index contributed by atoms with van der Waals surface area (Å²) in [5, 5.41) is 0. The summed E-state index contributed by atoms with van der Waals surface area (Å²) < 4.78 is 29.6. The summed E-state index contributed by atoms with van der Waals surface area (Å²) in [4.78, 5) is 0. The molecule has 0 spiro atoms. The van der Waals surface area contributed by atoms with Crippen LogP contribution in [-0.2, 0) is 10.1 Å². The Bertz CT molecular complexity index is 228. The van der Waals surface area contributed by atoms with E-state index in [2.05, 4.69) is 0 Å². The summed E-state index contributed by atoms with van der Waals surface area (Å²) in [6.45, 7) is 0. The highest BCUT2D eigenvalue weighted by molar-refractivity contribution is 7.99. The molecule has 1 N–H and O–H groups in total. The predicted octanol–water partition coefficient (Wildman–Crippen LogP) is 1.80. The Morgan fingerprint density at radius 1 is 1.31 bits per heavy atom. The van der Waals surface area contributed by atoms with E-state index in [1.54, 1.807) is 0 Å². The fourth-order valence-electron chi connectivity index (χ4n) is 1.57. The molecule has 0 aromatic rings. The summed E-state index contributed by atoms with van der Waals surface area (Å²) in [6, 6.07) is 0. The molecule has 1 rings (SSSR count). The van der Waals surface area contributed by atoms with Crippen molar-refractivity contribution in [2.24, 2.45) is 5.92 Å². The van der Waals surface area contributed by atoms with E-state index < -0.39 is 10.1 Å². The molecular formula is C8H16O3S2. The molecule has 1 atom stereocenters. The lowest BCUT2D eigenvalue weighted by Crippen LogP contribution is -2.10. The third-order valence-corrected chi connectivity index (χ3v) is 4.21. The first-order valence-electron chi connectivity index (χ1n) is 4.61.